The van der Waals surface area contributed by atoms with Gasteiger partial charge in [-0.1, -0.05) is 0 Å². The molecule has 0 radical (unpaired) electrons. The Bertz CT molecular complexity index is 1210. The number of halogens is 2. The third-order valence-electron chi connectivity index (χ3n) is 6.03. The molecular weight excluding hydrogens is 442 g/mol. The van der Waals surface area contributed by atoms with Crippen LogP contribution in [-0.2, 0) is 17.7 Å². The van der Waals surface area contributed by atoms with Crippen molar-refractivity contribution in [3.63, 3.8) is 0 Å². The number of ether oxygens (including phenoxy) is 2. The summed E-state index contributed by atoms with van der Waals surface area (Å²) < 4.78 is 38.7. The lowest BCUT2D eigenvalue weighted by Gasteiger charge is -2.32. The molecule has 1 saturated heterocycles. The summed E-state index contributed by atoms with van der Waals surface area (Å²) in [5.74, 6) is 0.432. The van der Waals surface area contributed by atoms with Gasteiger partial charge in [0, 0.05) is 31.6 Å². The minimum absolute atomic E-state index is 0.202. The zero-order chi connectivity index (χ0) is 23.7. The van der Waals surface area contributed by atoms with Gasteiger partial charge in [0.25, 0.3) is 5.91 Å². The fraction of sp³-hybridized carbons (Fsp3) is 0.320. The molecule has 0 atom stereocenters. The average molecular weight is 466 g/mol. The first-order valence-corrected chi connectivity index (χ1v) is 11.2. The average Bonchev–Trinajstić information content (AvgIpc) is 2.86. The van der Waals surface area contributed by atoms with E-state index in [1.165, 1.54) is 30.3 Å². The molecule has 34 heavy (non-hydrogen) atoms. The number of amides is 1. The molecule has 0 unspecified atom stereocenters. The summed E-state index contributed by atoms with van der Waals surface area (Å²) in [6, 6.07) is 10.0. The van der Waals surface area contributed by atoms with Gasteiger partial charge in [0.15, 0.2) is 0 Å². The van der Waals surface area contributed by atoms with Crippen molar-refractivity contribution in [3.05, 3.63) is 76.5 Å². The van der Waals surface area contributed by atoms with Crippen LogP contribution in [0.25, 0.3) is 0 Å². The van der Waals surface area contributed by atoms with Crippen LogP contribution in [0.4, 0.5) is 14.7 Å². The number of carbonyl (C=O) groups is 1. The van der Waals surface area contributed by atoms with E-state index in [1.807, 2.05) is 4.90 Å². The number of benzene rings is 2. The highest BCUT2D eigenvalue weighted by Crippen LogP contribution is 2.32. The minimum atomic E-state index is -0.394. The van der Waals surface area contributed by atoms with Crippen molar-refractivity contribution in [1.29, 1.82) is 0 Å². The number of rotatable bonds is 4. The number of aromatic nitrogens is 2. The highest BCUT2D eigenvalue weighted by Gasteiger charge is 2.29. The molecule has 1 aromatic heterocycles. The fourth-order valence-electron chi connectivity index (χ4n) is 4.10. The Balaban J connectivity index is 1.48. The smallest absolute Gasteiger partial charge is 0.254 e. The molecule has 0 bridgehead atoms. The van der Waals surface area contributed by atoms with Gasteiger partial charge >= 0.3 is 0 Å². The number of hydrogen-bond acceptors (Lipinski definition) is 6. The molecule has 3 aromatic rings. The predicted molar refractivity (Wildman–Crippen MR) is 121 cm³/mol. The number of morpholine rings is 1. The van der Waals surface area contributed by atoms with E-state index in [1.54, 1.807) is 24.0 Å². The Morgan fingerprint density at radius 1 is 1.03 bits per heavy atom. The van der Waals surface area contributed by atoms with Crippen molar-refractivity contribution < 1.29 is 23.0 Å². The van der Waals surface area contributed by atoms with E-state index in [0.29, 0.717) is 73.5 Å². The molecule has 9 heteroatoms. The van der Waals surface area contributed by atoms with Gasteiger partial charge < -0.3 is 19.3 Å². The Kier molecular flexibility index (Phi) is 6.10. The second-order valence-corrected chi connectivity index (χ2v) is 8.35. The Labute approximate surface area is 195 Å². The predicted octanol–water partition coefficient (Wildman–Crippen LogP) is 3.89. The molecule has 3 heterocycles. The summed E-state index contributed by atoms with van der Waals surface area (Å²) >= 11 is 0. The molecule has 1 amide bonds. The van der Waals surface area contributed by atoms with Crippen molar-refractivity contribution in [3.8, 4) is 11.6 Å². The summed E-state index contributed by atoms with van der Waals surface area (Å²) in [4.78, 5) is 26.2. The zero-order valence-electron chi connectivity index (χ0n) is 18.8. The Morgan fingerprint density at radius 3 is 2.53 bits per heavy atom. The molecule has 1 fully saturated rings. The largest absolute Gasteiger partial charge is 0.438 e. The summed E-state index contributed by atoms with van der Waals surface area (Å²) in [5, 5.41) is 0. The van der Waals surface area contributed by atoms with E-state index in [4.69, 9.17) is 19.4 Å². The maximum absolute atomic E-state index is 13.8. The van der Waals surface area contributed by atoms with Crippen LogP contribution < -0.4 is 9.64 Å². The number of carbonyl (C=O) groups excluding carboxylic acids is 1. The van der Waals surface area contributed by atoms with Crippen molar-refractivity contribution in [2.24, 2.45) is 0 Å². The number of anilines is 1. The van der Waals surface area contributed by atoms with Gasteiger partial charge in [0.1, 0.15) is 17.4 Å². The first kappa shape index (κ1) is 22.2. The lowest BCUT2D eigenvalue weighted by Crippen LogP contribution is -2.39. The van der Waals surface area contributed by atoms with Gasteiger partial charge in [-0.15, -0.1) is 0 Å². The number of fused-ring (bicyclic) bond motifs is 1. The van der Waals surface area contributed by atoms with Gasteiger partial charge in [0.05, 0.1) is 31.0 Å². The van der Waals surface area contributed by atoms with Gasteiger partial charge in [0.2, 0.25) is 11.8 Å². The molecule has 0 aliphatic carbocycles. The SMILES string of the molecule is Cc1cc(Oc2nc(N3CCOCC3)nc3c2CN(C(=O)c2ccc(F)cc2)CC3)ccc1F. The van der Waals surface area contributed by atoms with Crippen LogP contribution >= 0.6 is 0 Å². The standard InChI is InChI=1S/C25H24F2N4O3/c1-16-14-19(6-7-21(16)27)34-23-20-15-31(24(32)17-2-4-18(26)5-3-17)9-8-22(20)28-25(29-23)30-10-12-33-13-11-30/h2-7,14H,8-13,15H2,1H3. The number of aryl methyl sites for hydroxylation is 1. The van der Waals surface area contributed by atoms with E-state index in [0.717, 1.165) is 5.69 Å². The highest BCUT2D eigenvalue weighted by atomic mass is 19.1. The molecule has 2 aliphatic rings. The van der Waals surface area contributed by atoms with E-state index in [2.05, 4.69) is 0 Å². The maximum Gasteiger partial charge on any atom is 0.254 e. The monoisotopic (exact) mass is 466 g/mol. The van der Waals surface area contributed by atoms with Crippen LogP contribution in [-0.4, -0.2) is 53.6 Å². The van der Waals surface area contributed by atoms with E-state index >= 15 is 0 Å². The summed E-state index contributed by atoms with van der Waals surface area (Å²) in [6.45, 7) is 4.91. The highest BCUT2D eigenvalue weighted by molar-refractivity contribution is 5.94. The molecule has 2 aliphatic heterocycles. The second kappa shape index (κ2) is 9.34. The quantitative estimate of drug-likeness (QED) is 0.581. The van der Waals surface area contributed by atoms with E-state index in [-0.39, 0.29) is 18.3 Å². The first-order valence-electron chi connectivity index (χ1n) is 11.2. The van der Waals surface area contributed by atoms with E-state index in [9.17, 15) is 13.6 Å². The minimum Gasteiger partial charge on any atom is -0.438 e. The molecule has 2 aromatic carbocycles. The normalized spacial score (nSPS) is 15.7. The maximum atomic E-state index is 13.8. The van der Waals surface area contributed by atoms with Gasteiger partial charge in [-0.2, -0.15) is 4.98 Å². The number of nitrogens with zero attached hydrogens (tertiary/aromatic N) is 4. The molecular formula is C25H24F2N4O3. The Hall–Kier alpha value is -3.59. The molecule has 5 rings (SSSR count). The van der Waals surface area contributed by atoms with Crippen molar-refractivity contribution >= 4 is 11.9 Å². The van der Waals surface area contributed by atoms with Crippen LogP contribution in [0.1, 0.15) is 27.2 Å². The zero-order valence-corrected chi connectivity index (χ0v) is 18.8. The van der Waals surface area contributed by atoms with Crippen LogP contribution in [0.5, 0.6) is 11.6 Å². The van der Waals surface area contributed by atoms with Crippen molar-refractivity contribution in [2.45, 2.75) is 19.9 Å². The summed E-state index contributed by atoms with van der Waals surface area (Å²) in [5.41, 5.74) is 2.39. The summed E-state index contributed by atoms with van der Waals surface area (Å²) in [7, 11) is 0. The van der Waals surface area contributed by atoms with Crippen LogP contribution in [0.3, 0.4) is 0 Å². The summed E-state index contributed by atoms with van der Waals surface area (Å²) in [6.07, 6.45) is 0.529. The van der Waals surface area contributed by atoms with Crippen LogP contribution in [0.2, 0.25) is 0 Å². The third kappa shape index (κ3) is 4.56. The second-order valence-electron chi connectivity index (χ2n) is 8.35. The Morgan fingerprint density at radius 2 is 1.79 bits per heavy atom. The lowest BCUT2D eigenvalue weighted by molar-refractivity contribution is 0.0731. The van der Waals surface area contributed by atoms with Crippen molar-refractivity contribution in [2.75, 3.05) is 37.7 Å². The lowest BCUT2D eigenvalue weighted by atomic mass is 10.0. The van der Waals surface area contributed by atoms with Crippen molar-refractivity contribution in [1.82, 2.24) is 14.9 Å². The van der Waals surface area contributed by atoms with Crippen LogP contribution in [0.15, 0.2) is 42.5 Å². The van der Waals surface area contributed by atoms with Crippen LogP contribution in [0, 0.1) is 18.6 Å². The fourth-order valence-corrected chi connectivity index (χ4v) is 4.10. The topological polar surface area (TPSA) is 67.8 Å². The van der Waals surface area contributed by atoms with E-state index < -0.39 is 5.82 Å². The number of hydrogen-bond donors (Lipinski definition) is 0. The molecule has 0 spiro atoms. The van der Waals surface area contributed by atoms with Gasteiger partial charge in [-0.25, -0.2) is 13.8 Å². The van der Waals surface area contributed by atoms with Gasteiger partial charge in [-0.3, -0.25) is 4.79 Å². The molecule has 176 valence electrons. The third-order valence-corrected chi connectivity index (χ3v) is 6.03. The molecule has 0 saturated carbocycles. The van der Waals surface area contributed by atoms with Gasteiger partial charge in [-0.05, 0) is 55.0 Å². The molecule has 7 nitrogen and oxygen atoms in total. The first-order chi connectivity index (χ1) is 16.5. The molecule has 0 N–H and O–H groups in total.